The van der Waals surface area contributed by atoms with Crippen LogP contribution in [-0.4, -0.2) is 36.8 Å². The molecular weight excluding hydrogens is 415 g/mol. The summed E-state index contributed by atoms with van der Waals surface area (Å²) >= 11 is 0.777. The number of benzene rings is 3. The van der Waals surface area contributed by atoms with Crippen LogP contribution in [-0.2, 0) is 0 Å². The molecule has 5 aromatic rings. The summed E-state index contributed by atoms with van der Waals surface area (Å²) in [5.41, 5.74) is 3.20. The smallest absolute Gasteiger partial charge is 0.496 e. The molecule has 0 atom stereocenters. The predicted octanol–water partition coefficient (Wildman–Crippen LogP) is 5.11. The fourth-order valence-corrected chi connectivity index (χ4v) is 3.29. The van der Waals surface area contributed by atoms with Crippen LogP contribution in [0.25, 0.3) is 21.8 Å². The van der Waals surface area contributed by atoms with E-state index in [9.17, 15) is 10.2 Å². The molecule has 2 N–H and O–H groups in total. The van der Waals surface area contributed by atoms with E-state index in [2.05, 4.69) is 9.97 Å². The summed E-state index contributed by atoms with van der Waals surface area (Å²) in [5.74, 6) is 1.46. The molecule has 0 aliphatic rings. The monoisotopic (exact) mass is 440 g/mol. The van der Waals surface area contributed by atoms with Crippen molar-refractivity contribution in [2.45, 2.75) is 13.8 Å². The van der Waals surface area contributed by atoms with Gasteiger partial charge in [-0.05, 0) is 50.2 Å². The number of aryl methyl sites for hydroxylation is 2. The number of para-hydroxylation sites is 3. The zero-order valence-electron chi connectivity index (χ0n) is 18.4. The number of rotatable bonds is 1. The van der Waals surface area contributed by atoms with Crippen LogP contribution in [0.4, 0.5) is 0 Å². The molecule has 5 rings (SSSR count). The lowest BCUT2D eigenvalue weighted by molar-refractivity contribution is 0.480. The first-order chi connectivity index (χ1) is 15.5. The van der Waals surface area contributed by atoms with Crippen molar-refractivity contribution in [3.8, 4) is 17.2 Å². The van der Waals surface area contributed by atoms with Gasteiger partial charge in [0.2, 0.25) is 0 Å². The van der Waals surface area contributed by atoms with Gasteiger partial charge in [-0.3, -0.25) is 0 Å². The van der Waals surface area contributed by atoms with Gasteiger partial charge in [0.05, 0.1) is 5.75 Å². The van der Waals surface area contributed by atoms with E-state index in [1.165, 1.54) is 0 Å². The standard InChI is InChI=1S/2C10H9NO.C6H6O.Al.2H/c2*1-7-5-6-8-3-2-4-9(12)10(8)11-7;7-6-4-2-1-3-5-6;;;/h2*2-6,12H,1H3;1-5,7H;;;/q;;;+1;;/p-1. The topological polar surface area (TPSA) is 75.5 Å². The number of phenolic OH excluding ortho intramolecular Hbond substituents is 2. The van der Waals surface area contributed by atoms with Gasteiger partial charge in [-0.25, -0.2) is 9.97 Å². The molecule has 0 aliphatic heterocycles. The number of hydrogen-bond donors (Lipinski definition) is 2. The van der Waals surface area contributed by atoms with Crippen LogP contribution < -0.4 is 3.79 Å². The van der Waals surface area contributed by atoms with Gasteiger partial charge in [-0.15, -0.1) is 0 Å². The molecule has 2 aromatic heterocycles. The minimum atomic E-state index is 0.246. The van der Waals surface area contributed by atoms with Crippen LogP contribution in [0.5, 0.6) is 17.2 Å². The second kappa shape index (κ2) is 11.2. The second-order valence-corrected chi connectivity index (χ2v) is 7.53. The Hall–Kier alpha value is -3.59. The molecule has 32 heavy (non-hydrogen) atoms. The number of nitrogens with zero attached hydrogens (tertiary/aromatic N) is 2. The molecule has 0 unspecified atom stereocenters. The number of hydrogen-bond acceptors (Lipinski definition) is 5. The molecule has 0 bridgehead atoms. The lowest BCUT2D eigenvalue weighted by Crippen LogP contribution is -1.82. The van der Waals surface area contributed by atoms with Gasteiger partial charge in [-0.1, -0.05) is 54.6 Å². The SMILES string of the molecule is Cc1ccc2cccc(O)c2n1.Cc1ccc2cccc(O)c2n1.[AlH2][O]c1ccccc1. The average Bonchev–Trinajstić information content (AvgIpc) is 2.82. The van der Waals surface area contributed by atoms with Crippen LogP contribution in [0, 0.1) is 13.8 Å². The summed E-state index contributed by atoms with van der Waals surface area (Å²) in [4.78, 5) is 8.45. The first-order valence-corrected chi connectivity index (χ1v) is 11.0. The maximum atomic E-state index is 9.43. The van der Waals surface area contributed by atoms with Crippen molar-refractivity contribution in [1.29, 1.82) is 0 Å². The molecule has 0 amide bonds. The zero-order valence-corrected chi connectivity index (χ0v) is 20.4. The molecule has 5 nitrogen and oxygen atoms in total. The third-order valence-electron chi connectivity index (χ3n) is 4.66. The summed E-state index contributed by atoms with van der Waals surface area (Å²) in [6, 6.07) is 28.4. The Bertz CT molecular complexity index is 1230. The number of pyridine rings is 2. The van der Waals surface area contributed by atoms with E-state index >= 15 is 0 Å². The van der Waals surface area contributed by atoms with E-state index in [0.29, 0.717) is 11.0 Å². The number of fused-ring (bicyclic) bond motifs is 2. The van der Waals surface area contributed by atoms with Crippen molar-refractivity contribution in [2.24, 2.45) is 0 Å². The maximum Gasteiger partial charge on any atom is 0.496 e. The number of phenols is 2. The van der Waals surface area contributed by atoms with E-state index in [0.717, 1.165) is 44.5 Å². The lowest BCUT2D eigenvalue weighted by Gasteiger charge is -1.99. The molecule has 0 radical (unpaired) electrons. The Kier molecular flexibility index (Phi) is 8.04. The van der Waals surface area contributed by atoms with Crippen molar-refractivity contribution in [3.63, 3.8) is 0 Å². The number of aromatic nitrogens is 2. The lowest BCUT2D eigenvalue weighted by atomic mass is 10.2. The minimum Gasteiger partial charge on any atom is -0.647 e. The number of aromatic hydroxyl groups is 2. The Balaban J connectivity index is 0.000000139. The van der Waals surface area contributed by atoms with Crippen molar-refractivity contribution in [2.75, 3.05) is 0 Å². The van der Waals surface area contributed by atoms with Gasteiger partial charge in [0.1, 0.15) is 22.5 Å². The largest absolute Gasteiger partial charge is 0.647 e. The fraction of sp³-hybridized carbons (Fsp3) is 0.0769. The molecular formula is C26H25AlN2O3. The Morgan fingerprint density at radius 1 is 0.594 bits per heavy atom. The Morgan fingerprint density at radius 3 is 1.47 bits per heavy atom. The second-order valence-electron chi connectivity index (χ2n) is 7.12. The van der Waals surface area contributed by atoms with E-state index in [1.807, 2.05) is 92.7 Å². The van der Waals surface area contributed by atoms with E-state index < -0.39 is 0 Å². The Labute approximate surface area is 195 Å². The predicted molar refractivity (Wildman–Crippen MR) is 132 cm³/mol. The van der Waals surface area contributed by atoms with Crippen LogP contribution in [0.2, 0.25) is 0 Å². The van der Waals surface area contributed by atoms with Crippen LogP contribution in [0.3, 0.4) is 0 Å². The van der Waals surface area contributed by atoms with Crippen molar-refractivity contribution in [3.05, 3.63) is 102 Å². The minimum absolute atomic E-state index is 0.246. The van der Waals surface area contributed by atoms with Crippen molar-refractivity contribution in [1.82, 2.24) is 9.97 Å². The first kappa shape index (κ1) is 23.1. The first-order valence-electron chi connectivity index (χ1n) is 10.2. The van der Waals surface area contributed by atoms with E-state index in [4.69, 9.17) is 3.79 Å². The molecule has 0 aliphatic carbocycles. The summed E-state index contributed by atoms with van der Waals surface area (Å²) in [5, 5.41) is 20.8. The third kappa shape index (κ3) is 6.21. The summed E-state index contributed by atoms with van der Waals surface area (Å²) < 4.78 is 5.05. The molecule has 0 saturated heterocycles. The van der Waals surface area contributed by atoms with Gasteiger partial charge >= 0.3 is 16.6 Å². The zero-order chi connectivity index (χ0) is 22.9. The van der Waals surface area contributed by atoms with Crippen molar-refractivity contribution >= 4 is 38.4 Å². The average molecular weight is 440 g/mol. The quantitative estimate of drug-likeness (QED) is 0.354. The molecule has 0 fully saturated rings. The molecule has 0 spiro atoms. The van der Waals surface area contributed by atoms with Gasteiger partial charge in [0.25, 0.3) is 0 Å². The van der Waals surface area contributed by atoms with Crippen LogP contribution >= 0.6 is 0 Å². The highest BCUT2D eigenvalue weighted by Crippen LogP contribution is 2.22. The van der Waals surface area contributed by atoms with Gasteiger partial charge in [0.15, 0.2) is 0 Å². The molecule has 2 heterocycles. The highest BCUT2D eigenvalue weighted by Gasteiger charge is 2.00. The molecule has 6 heteroatoms. The highest BCUT2D eigenvalue weighted by atomic mass is 27.1. The third-order valence-corrected chi connectivity index (χ3v) is 5.13. The molecule has 3 aromatic carbocycles. The van der Waals surface area contributed by atoms with Crippen molar-refractivity contribution < 1.29 is 14.0 Å². The fourth-order valence-electron chi connectivity index (χ4n) is 3.01. The highest BCUT2D eigenvalue weighted by molar-refractivity contribution is 5.99. The molecule has 0 saturated carbocycles. The molecule has 160 valence electrons. The van der Waals surface area contributed by atoms with Gasteiger partial charge in [0, 0.05) is 22.2 Å². The van der Waals surface area contributed by atoms with Gasteiger partial charge < -0.3 is 14.0 Å². The van der Waals surface area contributed by atoms with E-state index in [1.54, 1.807) is 12.1 Å². The normalized spacial score (nSPS) is 9.94. The van der Waals surface area contributed by atoms with Crippen LogP contribution in [0.15, 0.2) is 91.0 Å². The summed E-state index contributed by atoms with van der Waals surface area (Å²) in [7, 11) is 0. The maximum absolute atomic E-state index is 9.43. The Morgan fingerprint density at radius 2 is 1.06 bits per heavy atom. The summed E-state index contributed by atoms with van der Waals surface area (Å²) in [6.45, 7) is 3.82. The summed E-state index contributed by atoms with van der Waals surface area (Å²) in [6.07, 6.45) is 0. The van der Waals surface area contributed by atoms with Crippen LogP contribution in [0.1, 0.15) is 11.4 Å². The van der Waals surface area contributed by atoms with E-state index in [-0.39, 0.29) is 11.5 Å². The van der Waals surface area contributed by atoms with Gasteiger partial charge in [-0.2, -0.15) is 0 Å².